The Morgan fingerprint density at radius 1 is 1.27 bits per heavy atom. The molecular formula is C16H16BN3OS. The van der Waals surface area contributed by atoms with E-state index in [9.17, 15) is 5.26 Å². The van der Waals surface area contributed by atoms with Gasteiger partial charge in [-0.05, 0) is 45.7 Å². The van der Waals surface area contributed by atoms with Crippen molar-refractivity contribution >= 4 is 30.7 Å². The van der Waals surface area contributed by atoms with Gasteiger partial charge < -0.3 is 4.65 Å². The molecule has 0 amide bonds. The summed E-state index contributed by atoms with van der Waals surface area (Å²) in [5.41, 5.74) is 4.47. The second-order valence-electron chi connectivity index (χ2n) is 5.10. The predicted octanol–water partition coefficient (Wildman–Crippen LogP) is 3.57. The van der Waals surface area contributed by atoms with Crippen LogP contribution in [0.25, 0.3) is 11.3 Å². The molecule has 0 spiro atoms. The first-order chi connectivity index (χ1) is 10.4. The number of thiazole rings is 1. The van der Waals surface area contributed by atoms with Crippen molar-refractivity contribution in [3.8, 4) is 6.07 Å². The van der Waals surface area contributed by atoms with E-state index in [0.717, 1.165) is 32.3 Å². The van der Waals surface area contributed by atoms with Crippen molar-refractivity contribution in [3.05, 3.63) is 44.2 Å². The number of pyridine rings is 1. The summed E-state index contributed by atoms with van der Waals surface area (Å²) >= 11 is 1.54. The van der Waals surface area contributed by atoms with Crippen molar-refractivity contribution in [2.45, 2.75) is 34.6 Å². The summed E-state index contributed by atoms with van der Waals surface area (Å²) in [5, 5.41) is 10.5. The van der Waals surface area contributed by atoms with Crippen molar-refractivity contribution < 1.29 is 4.65 Å². The van der Waals surface area contributed by atoms with Crippen LogP contribution in [-0.2, 0) is 4.65 Å². The SMILES string of the molecule is [B]OC(=C(C#N)c1nc(C)sc1C)c1c(C)ncc(C)c1C. The Morgan fingerprint density at radius 2 is 1.95 bits per heavy atom. The first kappa shape index (κ1) is 16.2. The van der Waals surface area contributed by atoms with E-state index in [-0.39, 0.29) is 0 Å². The summed E-state index contributed by atoms with van der Waals surface area (Å²) in [4.78, 5) is 9.75. The van der Waals surface area contributed by atoms with Crippen LogP contribution in [0.2, 0.25) is 0 Å². The van der Waals surface area contributed by atoms with Crippen molar-refractivity contribution in [2.75, 3.05) is 0 Å². The fourth-order valence-electron chi connectivity index (χ4n) is 2.37. The lowest BCUT2D eigenvalue weighted by atomic mass is 9.98. The summed E-state index contributed by atoms with van der Waals surface area (Å²) in [6, 6.07) is 2.19. The number of nitrogens with zero attached hydrogens (tertiary/aromatic N) is 3. The van der Waals surface area contributed by atoms with Gasteiger partial charge in [0.25, 0.3) is 0 Å². The highest BCUT2D eigenvalue weighted by Gasteiger charge is 2.21. The summed E-state index contributed by atoms with van der Waals surface area (Å²) < 4.78 is 5.11. The van der Waals surface area contributed by atoms with Crippen LogP contribution in [0.5, 0.6) is 0 Å². The molecule has 0 N–H and O–H groups in total. The molecule has 0 saturated carbocycles. The average Bonchev–Trinajstić information content (AvgIpc) is 2.81. The highest BCUT2D eigenvalue weighted by atomic mass is 32.1. The largest absolute Gasteiger partial charge is 0.566 e. The molecule has 110 valence electrons. The van der Waals surface area contributed by atoms with Gasteiger partial charge in [0.15, 0.2) is 0 Å². The van der Waals surface area contributed by atoms with Gasteiger partial charge in [-0.25, -0.2) is 4.98 Å². The normalized spacial score (nSPS) is 11.8. The van der Waals surface area contributed by atoms with E-state index in [4.69, 9.17) is 12.7 Å². The van der Waals surface area contributed by atoms with Crippen LogP contribution in [0, 0.1) is 45.9 Å². The highest BCUT2D eigenvalue weighted by molar-refractivity contribution is 7.11. The zero-order valence-corrected chi connectivity index (χ0v) is 14.1. The maximum Gasteiger partial charge on any atom is 0.374 e. The van der Waals surface area contributed by atoms with Crippen LogP contribution in [0.15, 0.2) is 6.20 Å². The second-order valence-corrected chi connectivity index (χ2v) is 6.51. The topological polar surface area (TPSA) is 58.8 Å². The number of aromatic nitrogens is 2. The lowest BCUT2D eigenvalue weighted by Crippen LogP contribution is -2.03. The predicted molar refractivity (Wildman–Crippen MR) is 89.3 cm³/mol. The van der Waals surface area contributed by atoms with E-state index in [1.54, 1.807) is 6.20 Å². The number of hydrogen-bond acceptors (Lipinski definition) is 5. The summed E-state index contributed by atoms with van der Waals surface area (Å²) in [6.45, 7) is 9.63. The van der Waals surface area contributed by atoms with Gasteiger partial charge in [0.05, 0.1) is 10.7 Å². The van der Waals surface area contributed by atoms with E-state index in [2.05, 4.69) is 16.0 Å². The average molecular weight is 309 g/mol. The van der Waals surface area contributed by atoms with E-state index >= 15 is 0 Å². The van der Waals surface area contributed by atoms with Gasteiger partial charge in [-0.3, -0.25) is 4.98 Å². The number of nitriles is 1. The molecule has 2 aromatic heterocycles. The van der Waals surface area contributed by atoms with Crippen molar-refractivity contribution in [1.82, 2.24) is 9.97 Å². The Morgan fingerprint density at radius 3 is 2.45 bits per heavy atom. The minimum Gasteiger partial charge on any atom is -0.566 e. The van der Waals surface area contributed by atoms with E-state index < -0.39 is 0 Å². The Balaban J connectivity index is 2.81. The minimum atomic E-state index is 0.321. The monoisotopic (exact) mass is 309 g/mol. The summed E-state index contributed by atoms with van der Waals surface area (Å²) in [5.74, 6) is 0.321. The number of allylic oxidation sites excluding steroid dienone is 1. The molecular weight excluding hydrogens is 293 g/mol. The van der Waals surface area contributed by atoms with E-state index in [0.29, 0.717) is 17.0 Å². The van der Waals surface area contributed by atoms with Crippen LogP contribution in [-0.4, -0.2) is 18.0 Å². The quantitative estimate of drug-likeness (QED) is 0.494. The number of hydrogen-bond donors (Lipinski definition) is 0. The fraction of sp³-hybridized carbons (Fsp3) is 0.312. The fourth-order valence-corrected chi connectivity index (χ4v) is 3.20. The summed E-state index contributed by atoms with van der Waals surface area (Å²) in [6.07, 6.45) is 1.80. The molecule has 2 aromatic rings. The third-order valence-electron chi connectivity index (χ3n) is 3.60. The molecule has 0 bridgehead atoms. The first-order valence-corrected chi connectivity index (χ1v) is 7.61. The molecule has 2 rings (SSSR count). The van der Waals surface area contributed by atoms with Crippen LogP contribution >= 0.6 is 11.3 Å². The van der Waals surface area contributed by atoms with Gasteiger partial charge in [-0.2, -0.15) is 5.26 Å². The lowest BCUT2D eigenvalue weighted by Gasteiger charge is -2.16. The van der Waals surface area contributed by atoms with Gasteiger partial charge >= 0.3 is 8.05 Å². The van der Waals surface area contributed by atoms with Crippen molar-refractivity contribution in [2.24, 2.45) is 0 Å². The van der Waals surface area contributed by atoms with E-state index in [1.165, 1.54) is 11.3 Å². The van der Waals surface area contributed by atoms with Gasteiger partial charge in [0, 0.05) is 22.3 Å². The molecule has 22 heavy (non-hydrogen) atoms. The molecule has 0 aliphatic carbocycles. The van der Waals surface area contributed by atoms with Crippen LogP contribution in [0.1, 0.15) is 38.0 Å². The zero-order valence-electron chi connectivity index (χ0n) is 13.3. The zero-order chi connectivity index (χ0) is 16.4. The van der Waals surface area contributed by atoms with Crippen LogP contribution in [0.3, 0.4) is 0 Å². The molecule has 0 aromatic carbocycles. The van der Waals surface area contributed by atoms with Crippen molar-refractivity contribution in [1.29, 1.82) is 5.26 Å². The Bertz CT molecular complexity index is 802. The van der Waals surface area contributed by atoms with Gasteiger partial charge in [-0.1, -0.05) is 0 Å². The van der Waals surface area contributed by atoms with E-state index in [1.807, 2.05) is 34.6 Å². The summed E-state index contributed by atoms with van der Waals surface area (Å²) in [7, 11) is 5.50. The molecule has 0 atom stereocenters. The van der Waals surface area contributed by atoms with Gasteiger partial charge in [0.1, 0.15) is 17.4 Å². The number of rotatable bonds is 3. The Labute approximate surface area is 135 Å². The van der Waals surface area contributed by atoms with Crippen LogP contribution < -0.4 is 0 Å². The van der Waals surface area contributed by atoms with Gasteiger partial charge in [0.2, 0.25) is 0 Å². The van der Waals surface area contributed by atoms with Crippen molar-refractivity contribution in [3.63, 3.8) is 0 Å². The minimum absolute atomic E-state index is 0.321. The lowest BCUT2D eigenvalue weighted by molar-refractivity contribution is 0.572. The molecule has 4 nitrogen and oxygen atoms in total. The molecule has 0 unspecified atom stereocenters. The molecule has 2 heterocycles. The third-order valence-corrected chi connectivity index (χ3v) is 4.49. The molecule has 6 heteroatoms. The molecule has 0 aliphatic rings. The van der Waals surface area contributed by atoms with Crippen LogP contribution in [0.4, 0.5) is 0 Å². The second kappa shape index (κ2) is 6.33. The number of aryl methyl sites for hydroxylation is 4. The van der Waals surface area contributed by atoms with Gasteiger partial charge in [-0.15, -0.1) is 11.3 Å². The third kappa shape index (κ3) is 2.77. The highest BCUT2D eigenvalue weighted by Crippen LogP contribution is 2.33. The molecule has 0 fully saturated rings. The Hall–Kier alpha value is -2.13. The smallest absolute Gasteiger partial charge is 0.374 e. The maximum atomic E-state index is 9.63. The maximum absolute atomic E-state index is 9.63. The molecule has 2 radical (unpaired) electrons. The Kier molecular flexibility index (Phi) is 4.67. The first-order valence-electron chi connectivity index (χ1n) is 6.79. The molecule has 0 saturated heterocycles. The molecule has 0 aliphatic heterocycles. The standard InChI is InChI=1S/C16H16BN3OS/c1-8-7-19-10(3)14(9(8)2)16(21-17)13(6-18)15-11(4)22-12(5)20-15/h7H,1-5H3.